The Morgan fingerprint density at radius 3 is 1.28 bits per heavy atom. The molecule has 11 nitrogen and oxygen atoms in total. The largest absolute Gasteiger partial charge is 0.454 e. The van der Waals surface area contributed by atoms with Crippen molar-refractivity contribution in [3.05, 3.63) is 48.6 Å². The molecule has 1 aliphatic rings. The zero-order valence-corrected chi connectivity index (χ0v) is 53.4. The van der Waals surface area contributed by atoms with Gasteiger partial charge in [-0.3, -0.25) is 9.59 Å². The van der Waals surface area contributed by atoms with Gasteiger partial charge < -0.3 is 45.1 Å². The molecule has 1 aliphatic heterocycles. The second-order valence-electron chi connectivity index (χ2n) is 24.3. The molecule has 0 spiro atoms. The number of ether oxygens (including phenoxy) is 3. The van der Waals surface area contributed by atoms with E-state index < -0.39 is 67.4 Å². The minimum atomic E-state index is -1.61. The first-order valence-corrected chi connectivity index (χ1v) is 34.9. The average Bonchev–Trinajstić information content (AvgIpc) is 3.44. The van der Waals surface area contributed by atoms with Crippen LogP contribution in [0.15, 0.2) is 48.6 Å². The highest BCUT2D eigenvalue weighted by Gasteiger charge is 2.47. The van der Waals surface area contributed by atoms with E-state index in [4.69, 9.17) is 14.2 Å². The minimum Gasteiger partial charge on any atom is -0.454 e. The molecule has 0 bridgehead atoms. The first-order chi connectivity index (χ1) is 40.2. The Kier molecular flexibility index (Phi) is 55.8. The zero-order chi connectivity index (χ0) is 59.6. The predicted molar refractivity (Wildman–Crippen MR) is 343 cm³/mol. The molecule has 480 valence electrons. The fourth-order valence-electron chi connectivity index (χ4n) is 11.0. The first kappa shape index (κ1) is 77.6. The van der Waals surface area contributed by atoms with Gasteiger partial charge in [0.2, 0.25) is 5.91 Å². The molecule has 0 saturated carbocycles. The number of hydrogen-bond acceptors (Lipinski definition) is 10. The number of unbranched alkanes of at least 4 members (excludes halogenated alkanes) is 40. The van der Waals surface area contributed by atoms with Gasteiger partial charge in [0.25, 0.3) is 0 Å². The normalized spacial score (nSPS) is 18.9. The number of nitrogens with one attached hydrogen (secondary N) is 1. The Hall–Kier alpha value is -2.38. The third-order valence-electron chi connectivity index (χ3n) is 16.5. The van der Waals surface area contributed by atoms with E-state index in [1.807, 2.05) is 6.08 Å². The number of aliphatic hydroxyl groups is 5. The number of carbonyl (C=O) groups is 2. The summed E-state index contributed by atoms with van der Waals surface area (Å²) in [5, 5.41) is 57.2. The summed E-state index contributed by atoms with van der Waals surface area (Å²) in [7, 11) is 0. The highest BCUT2D eigenvalue weighted by molar-refractivity contribution is 5.80. The molecule has 8 atom stereocenters. The van der Waals surface area contributed by atoms with E-state index in [1.165, 1.54) is 205 Å². The molecule has 1 heterocycles. The molecule has 1 fully saturated rings. The second kappa shape index (κ2) is 59.0. The van der Waals surface area contributed by atoms with Gasteiger partial charge in [-0.2, -0.15) is 0 Å². The van der Waals surface area contributed by atoms with Crippen molar-refractivity contribution in [1.82, 2.24) is 5.32 Å². The zero-order valence-electron chi connectivity index (χ0n) is 53.4. The maximum absolute atomic E-state index is 13.5. The minimum absolute atomic E-state index is 0.120. The van der Waals surface area contributed by atoms with Crippen LogP contribution >= 0.6 is 0 Å². The summed E-state index contributed by atoms with van der Waals surface area (Å²) in [6.45, 7) is 5.80. The van der Waals surface area contributed by atoms with E-state index in [0.29, 0.717) is 19.3 Å². The SMILES string of the molecule is CCCCC/C=C\C/C=C\C/C=C\CCCCCCCCCCCCC(=O)OC1C(OCC(NC(=O)C(O)CCCCCCCCCCCCCCCCCCCC)C(O)/C=C/CCCCCCCCCCCC)OC(CO)C(O)C1O. The molecule has 0 aromatic heterocycles. The lowest BCUT2D eigenvalue weighted by atomic mass is 9.99. The summed E-state index contributed by atoms with van der Waals surface area (Å²) in [5.74, 6) is -1.19. The summed E-state index contributed by atoms with van der Waals surface area (Å²) >= 11 is 0. The summed E-state index contributed by atoms with van der Waals surface area (Å²) in [6, 6.07) is -1.02. The Morgan fingerprint density at radius 1 is 0.476 bits per heavy atom. The van der Waals surface area contributed by atoms with Crippen molar-refractivity contribution in [2.24, 2.45) is 0 Å². The van der Waals surface area contributed by atoms with Gasteiger partial charge in [-0.1, -0.05) is 307 Å². The van der Waals surface area contributed by atoms with Gasteiger partial charge in [0.15, 0.2) is 12.4 Å². The molecule has 82 heavy (non-hydrogen) atoms. The van der Waals surface area contributed by atoms with Crippen molar-refractivity contribution in [3.8, 4) is 0 Å². The van der Waals surface area contributed by atoms with Crippen LogP contribution in [0.1, 0.15) is 329 Å². The van der Waals surface area contributed by atoms with Gasteiger partial charge in [0.1, 0.15) is 24.4 Å². The summed E-state index contributed by atoms with van der Waals surface area (Å²) in [6.07, 6.45) is 62.9. The van der Waals surface area contributed by atoms with Gasteiger partial charge in [-0.15, -0.1) is 0 Å². The Labute approximate surface area is 504 Å². The van der Waals surface area contributed by atoms with E-state index in [1.54, 1.807) is 6.08 Å². The van der Waals surface area contributed by atoms with E-state index in [2.05, 4.69) is 62.5 Å². The molecule has 11 heteroatoms. The molecule has 1 rings (SSSR count). The van der Waals surface area contributed by atoms with Crippen molar-refractivity contribution >= 4 is 11.9 Å². The third kappa shape index (κ3) is 45.9. The van der Waals surface area contributed by atoms with E-state index in [9.17, 15) is 35.1 Å². The van der Waals surface area contributed by atoms with Crippen LogP contribution in [0.3, 0.4) is 0 Å². The van der Waals surface area contributed by atoms with Crippen LogP contribution in [0.4, 0.5) is 0 Å². The van der Waals surface area contributed by atoms with E-state index in [-0.39, 0.29) is 13.0 Å². The van der Waals surface area contributed by atoms with Gasteiger partial charge in [-0.05, 0) is 64.2 Å². The molecule has 0 aromatic rings. The highest BCUT2D eigenvalue weighted by atomic mass is 16.7. The van der Waals surface area contributed by atoms with Crippen molar-refractivity contribution in [3.63, 3.8) is 0 Å². The van der Waals surface area contributed by atoms with Crippen LogP contribution in [-0.2, 0) is 23.8 Å². The smallest absolute Gasteiger partial charge is 0.306 e. The fourth-order valence-corrected chi connectivity index (χ4v) is 11.0. The number of hydrogen-bond donors (Lipinski definition) is 6. The molecule has 0 radical (unpaired) electrons. The Morgan fingerprint density at radius 2 is 0.841 bits per heavy atom. The number of carbonyl (C=O) groups excluding carboxylic acids is 2. The predicted octanol–water partition coefficient (Wildman–Crippen LogP) is 17.6. The fraction of sp³-hybridized carbons (Fsp3) is 0.859. The molecule has 0 aromatic carbocycles. The van der Waals surface area contributed by atoms with E-state index in [0.717, 1.165) is 77.0 Å². The first-order valence-electron chi connectivity index (χ1n) is 34.9. The summed E-state index contributed by atoms with van der Waals surface area (Å²) in [4.78, 5) is 26.7. The van der Waals surface area contributed by atoms with Crippen LogP contribution in [0, 0.1) is 0 Å². The van der Waals surface area contributed by atoms with Crippen LogP contribution in [-0.4, -0.2) is 99.6 Å². The standard InChI is InChI=1S/C71H131NO10/c1-4-7-10-13-16-19-22-25-27-29-31-32-33-34-35-37-39-41-44-47-50-53-56-59-66(76)82-69-68(78)67(77)65(60-73)81-71(69)80-61-62(63(74)57-54-51-48-45-42-24-21-18-15-12-9-6-3)72-70(79)64(75)58-55-52-49-46-43-40-38-36-30-28-26-23-20-17-14-11-8-5-2/h16,19,25,27,31-32,54,57,62-65,67-69,71,73-75,77-78H,4-15,17-18,20-24,26,28-30,33-53,55-56,58-61H2,1-3H3,(H,72,79)/b19-16-,27-25-,32-31-,57-54+. The van der Waals surface area contributed by atoms with E-state index >= 15 is 0 Å². The van der Waals surface area contributed by atoms with Crippen molar-refractivity contribution < 1.29 is 49.3 Å². The maximum atomic E-state index is 13.5. The van der Waals surface area contributed by atoms with Gasteiger partial charge in [0.05, 0.1) is 25.4 Å². The maximum Gasteiger partial charge on any atom is 0.306 e. The molecule has 1 amide bonds. The lowest BCUT2D eigenvalue weighted by molar-refractivity contribution is -0.305. The van der Waals surface area contributed by atoms with Crippen LogP contribution in [0.5, 0.6) is 0 Å². The quantitative estimate of drug-likeness (QED) is 0.0195. The summed E-state index contributed by atoms with van der Waals surface area (Å²) in [5.41, 5.74) is 0. The molecule has 1 saturated heterocycles. The number of rotatable bonds is 60. The number of amides is 1. The lowest BCUT2D eigenvalue weighted by Gasteiger charge is -2.41. The molecular formula is C71H131NO10. The third-order valence-corrected chi connectivity index (χ3v) is 16.5. The number of allylic oxidation sites excluding steroid dienone is 7. The number of aliphatic hydroxyl groups excluding tert-OH is 5. The monoisotopic (exact) mass is 1160 g/mol. The molecule has 6 N–H and O–H groups in total. The van der Waals surface area contributed by atoms with Gasteiger partial charge in [0, 0.05) is 6.42 Å². The Bertz CT molecular complexity index is 1520. The topological polar surface area (TPSA) is 175 Å². The molecular weight excluding hydrogens is 1030 g/mol. The Balaban J connectivity index is 2.59. The van der Waals surface area contributed by atoms with Crippen LogP contribution < -0.4 is 5.32 Å². The van der Waals surface area contributed by atoms with Crippen LogP contribution in [0.25, 0.3) is 0 Å². The van der Waals surface area contributed by atoms with Gasteiger partial charge in [-0.25, -0.2) is 0 Å². The van der Waals surface area contributed by atoms with Crippen LogP contribution in [0.2, 0.25) is 0 Å². The molecule has 0 aliphatic carbocycles. The number of esters is 1. The average molecular weight is 1160 g/mol. The highest BCUT2D eigenvalue weighted by Crippen LogP contribution is 2.26. The van der Waals surface area contributed by atoms with Gasteiger partial charge >= 0.3 is 5.97 Å². The molecule has 8 unspecified atom stereocenters. The second-order valence-corrected chi connectivity index (χ2v) is 24.3. The van der Waals surface area contributed by atoms with Crippen molar-refractivity contribution in [2.45, 2.75) is 378 Å². The summed E-state index contributed by atoms with van der Waals surface area (Å²) < 4.78 is 17.7. The lowest BCUT2D eigenvalue weighted by Crippen LogP contribution is -2.61. The van der Waals surface area contributed by atoms with Crippen molar-refractivity contribution in [2.75, 3.05) is 13.2 Å². The van der Waals surface area contributed by atoms with Crippen molar-refractivity contribution in [1.29, 1.82) is 0 Å².